The number of ether oxygens (including phenoxy) is 2. The van der Waals surface area contributed by atoms with Crippen LogP contribution in [0.3, 0.4) is 0 Å². The maximum absolute atomic E-state index is 12.2. The van der Waals surface area contributed by atoms with E-state index in [0.29, 0.717) is 19.3 Å². The number of aliphatic hydroxyl groups is 3. The van der Waals surface area contributed by atoms with Gasteiger partial charge >= 0.3 is 11.9 Å². The van der Waals surface area contributed by atoms with E-state index < -0.39 is 24.8 Å². The van der Waals surface area contributed by atoms with Gasteiger partial charge in [0.25, 0.3) is 0 Å². The highest BCUT2D eigenvalue weighted by atomic mass is 16.6. The van der Waals surface area contributed by atoms with Gasteiger partial charge in [-0.25, -0.2) is 0 Å². The third kappa shape index (κ3) is 37.5. The molecule has 0 aliphatic carbocycles. The van der Waals surface area contributed by atoms with Crippen molar-refractivity contribution in [2.24, 2.45) is 5.92 Å². The van der Waals surface area contributed by atoms with Gasteiger partial charge in [0, 0.05) is 12.8 Å². The van der Waals surface area contributed by atoms with Crippen LogP contribution in [0.4, 0.5) is 0 Å². The van der Waals surface area contributed by atoms with E-state index in [1.807, 2.05) is 36.5 Å². The summed E-state index contributed by atoms with van der Waals surface area (Å²) in [6.45, 7) is 6.21. The molecule has 7 heteroatoms. The highest BCUT2D eigenvalue weighted by Crippen LogP contribution is 2.16. The molecule has 0 aromatic rings. The molecule has 0 fully saturated rings. The van der Waals surface area contributed by atoms with Crippen LogP contribution in [-0.2, 0) is 19.1 Å². The molecule has 0 bridgehead atoms. The monoisotopic (exact) mass is 733 g/mol. The van der Waals surface area contributed by atoms with Crippen LogP contribution in [0.15, 0.2) is 48.6 Å². The van der Waals surface area contributed by atoms with Crippen LogP contribution in [0.1, 0.15) is 188 Å². The van der Waals surface area contributed by atoms with E-state index in [9.17, 15) is 24.9 Å². The Labute approximate surface area is 319 Å². The molecule has 0 heterocycles. The molecule has 302 valence electrons. The van der Waals surface area contributed by atoms with Crippen molar-refractivity contribution in [3.8, 4) is 0 Å². The summed E-state index contributed by atoms with van der Waals surface area (Å²) in [6, 6.07) is 0. The smallest absolute Gasteiger partial charge is 0.306 e. The molecule has 7 nitrogen and oxygen atoms in total. The van der Waals surface area contributed by atoms with Crippen molar-refractivity contribution >= 4 is 11.9 Å². The van der Waals surface area contributed by atoms with Crippen molar-refractivity contribution in [1.29, 1.82) is 0 Å². The van der Waals surface area contributed by atoms with Crippen LogP contribution < -0.4 is 0 Å². The quantitative estimate of drug-likeness (QED) is 0.0331. The fourth-order valence-electron chi connectivity index (χ4n) is 5.95. The minimum atomic E-state index is -0.879. The number of allylic oxidation sites excluding steroid dienone is 6. The minimum absolute atomic E-state index is 0.107. The first-order valence-electron chi connectivity index (χ1n) is 21.3. The van der Waals surface area contributed by atoms with Crippen LogP contribution in [0, 0.1) is 5.92 Å². The van der Waals surface area contributed by atoms with Gasteiger partial charge in [0.2, 0.25) is 0 Å². The van der Waals surface area contributed by atoms with Gasteiger partial charge in [0.1, 0.15) is 6.61 Å². The second-order valence-electron chi connectivity index (χ2n) is 15.0. The van der Waals surface area contributed by atoms with Crippen molar-refractivity contribution in [2.75, 3.05) is 13.2 Å². The normalized spacial score (nSPS) is 14.0. The number of esters is 2. The highest BCUT2D eigenvalue weighted by Gasteiger charge is 2.16. The molecule has 0 saturated carbocycles. The minimum Gasteiger partial charge on any atom is -0.462 e. The summed E-state index contributed by atoms with van der Waals surface area (Å²) < 4.78 is 10.5. The Morgan fingerprint density at radius 2 is 1.00 bits per heavy atom. The number of hydrogen-bond acceptors (Lipinski definition) is 7. The van der Waals surface area contributed by atoms with Gasteiger partial charge < -0.3 is 24.8 Å². The third-order valence-corrected chi connectivity index (χ3v) is 9.26. The lowest BCUT2D eigenvalue weighted by Crippen LogP contribution is -2.28. The molecule has 0 unspecified atom stereocenters. The van der Waals surface area contributed by atoms with Crippen molar-refractivity contribution in [3.05, 3.63) is 48.6 Å². The maximum Gasteiger partial charge on any atom is 0.306 e. The molecular formula is C45H80O7. The lowest BCUT2D eigenvalue weighted by Gasteiger charge is -2.16. The van der Waals surface area contributed by atoms with Crippen molar-refractivity contribution in [2.45, 2.75) is 206 Å². The Morgan fingerprint density at radius 1 is 0.558 bits per heavy atom. The molecule has 0 radical (unpaired) electrons. The summed E-state index contributed by atoms with van der Waals surface area (Å²) in [7, 11) is 0. The van der Waals surface area contributed by atoms with Gasteiger partial charge in [-0.1, -0.05) is 191 Å². The van der Waals surface area contributed by atoms with Gasteiger partial charge in [0.15, 0.2) is 6.10 Å². The number of carbonyl (C=O) groups excluding carboxylic acids is 2. The van der Waals surface area contributed by atoms with E-state index in [1.165, 1.54) is 89.9 Å². The molecule has 0 aliphatic heterocycles. The highest BCUT2D eigenvalue weighted by molar-refractivity contribution is 5.70. The molecule has 0 aromatic heterocycles. The van der Waals surface area contributed by atoms with Crippen LogP contribution in [-0.4, -0.2) is 58.8 Å². The van der Waals surface area contributed by atoms with E-state index in [1.54, 1.807) is 12.2 Å². The summed E-state index contributed by atoms with van der Waals surface area (Å²) in [5, 5.41) is 29.6. The van der Waals surface area contributed by atoms with E-state index in [0.717, 1.165) is 57.3 Å². The Bertz CT molecular complexity index is 923. The van der Waals surface area contributed by atoms with Crippen LogP contribution in [0.25, 0.3) is 0 Å². The molecule has 0 rings (SSSR count). The topological polar surface area (TPSA) is 113 Å². The van der Waals surface area contributed by atoms with E-state index in [2.05, 4.69) is 20.8 Å². The van der Waals surface area contributed by atoms with Gasteiger partial charge in [-0.05, 0) is 38.0 Å². The van der Waals surface area contributed by atoms with E-state index in [-0.39, 0.29) is 25.1 Å². The van der Waals surface area contributed by atoms with Gasteiger partial charge in [-0.2, -0.15) is 0 Å². The van der Waals surface area contributed by atoms with Gasteiger partial charge in [0.05, 0.1) is 18.8 Å². The first-order chi connectivity index (χ1) is 25.3. The van der Waals surface area contributed by atoms with Gasteiger partial charge in [-0.3, -0.25) is 9.59 Å². The van der Waals surface area contributed by atoms with Crippen LogP contribution in [0.5, 0.6) is 0 Å². The molecule has 52 heavy (non-hydrogen) atoms. The number of hydrogen-bond donors (Lipinski definition) is 3. The number of carbonyl (C=O) groups is 2. The summed E-state index contributed by atoms with van der Waals surface area (Å²) in [4.78, 5) is 24.3. The predicted octanol–water partition coefficient (Wildman–Crippen LogP) is 11.2. The molecule has 0 spiro atoms. The zero-order valence-electron chi connectivity index (χ0n) is 33.7. The molecule has 0 aliphatic rings. The summed E-state index contributed by atoms with van der Waals surface area (Å²) in [6.07, 6.45) is 41.0. The number of rotatable bonds is 37. The van der Waals surface area contributed by atoms with Crippen LogP contribution >= 0.6 is 0 Å². The molecular weight excluding hydrogens is 652 g/mol. The Balaban J connectivity index is 3.74. The second kappa shape index (κ2) is 38.5. The Hall–Kier alpha value is -2.22. The fourth-order valence-corrected chi connectivity index (χ4v) is 5.95. The lowest BCUT2D eigenvalue weighted by molar-refractivity contribution is -0.161. The molecule has 0 saturated heterocycles. The first kappa shape index (κ1) is 49.8. The van der Waals surface area contributed by atoms with Crippen molar-refractivity contribution < 1.29 is 34.4 Å². The summed E-state index contributed by atoms with van der Waals surface area (Å²) in [5.41, 5.74) is 0. The van der Waals surface area contributed by atoms with Crippen LogP contribution in [0.2, 0.25) is 0 Å². The maximum atomic E-state index is 12.2. The summed E-state index contributed by atoms with van der Waals surface area (Å²) >= 11 is 0. The SMILES string of the molecule is CCCCC[C@@H](O)/C=C/C=C\C/C=C\C=C\[C@@H](O)CCCC(=O)O[C@@H](CO)COC(=O)CCCCCCCCCCCCCCCCCCC(C)C. The van der Waals surface area contributed by atoms with E-state index in [4.69, 9.17) is 9.47 Å². The average Bonchev–Trinajstić information content (AvgIpc) is 3.12. The molecule has 0 amide bonds. The standard InChI is InChI=1S/C45H80O7/c1-4-5-25-32-41(47)33-27-22-18-16-19-23-28-34-42(48)35-30-37-45(50)52-43(38-46)39-51-44(49)36-29-24-20-15-13-11-9-7-6-8-10-12-14-17-21-26-31-40(2)3/h18-19,22-23,27-28,33-34,40-43,46-48H,4-17,20-21,24-26,29-32,35-39H2,1-3H3/b22-18-,23-19-,33-27+,34-28+/t41-,42-,43+/m1/s1. The zero-order chi connectivity index (χ0) is 38.3. The lowest BCUT2D eigenvalue weighted by atomic mass is 10.0. The molecule has 3 atom stereocenters. The Morgan fingerprint density at radius 3 is 1.48 bits per heavy atom. The van der Waals surface area contributed by atoms with Gasteiger partial charge in [-0.15, -0.1) is 0 Å². The van der Waals surface area contributed by atoms with Crippen molar-refractivity contribution in [1.82, 2.24) is 0 Å². The van der Waals surface area contributed by atoms with Crippen molar-refractivity contribution in [3.63, 3.8) is 0 Å². The largest absolute Gasteiger partial charge is 0.462 e. The molecule has 0 aromatic carbocycles. The first-order valence-corrected chi connectivity index (χ1v) is 21.3. The second-order valence-corrected chi connectivity index (χ2v) is 15.0. The number of unbranched alkanes of at least 4 members (excludes halogenated alkanes) is 17. The zero-order valence-corrected chi connectivity index (χ0v) is 33.7. The van der Waals surface area contributed by atoms with E-state index >= 15 is 0 Å². The summed E-state index contributed by atoms with van der Waals surface area (Å²) in [5.74, 6) is 0.0317. The fraction of sp³-hybridized carbons (Fsp3) is 0.778. The predicted molar refractivity (Wildman–Crippen MR) is 217 cm³/mol. The molecule has 3 N–H and O–H groups in total. The third-order valence-electron chi connectivity index (χ3n) is 9.26. The Kier molecular flexibility index (Phi) is 36.9. The average molecular weight is 733 g/mol. The number of aliphatic hydroxyl groups excluding tert-OH is 3.